The Labute approximate surface area is 123 Å². The van der Waals surface area contributed by atoms with Crippen molar-refractivity contribution in [3.05, 3.63) is 23.8 Å². The minimum Gasteiger partial charge on any atom is -0.481 e. The highest BCUT2D eigenvalue weighted by Gasteiger charge is 2.50. The number of carbonyl (C=O) groups is 1. The molecule has 2 saturated carbocycles. The molecule has 4 rings (SSSR count). The van der Waals surface area contributed by atoms with Crippen molar-refractivity contribution in [2.24, 2.45) is 17.8 Å². The number of fused-ring (bicyclic) bond motifs is 3. The summed E-state index contributed by atoms with van der Waals surface area (Å²) in [5.41, 5.74) is 1.10. The Bertz CT molecular complexity index is 573. The maximum Gasteiger partial charge on any atom is 0.308 e. The van der Waals surface area contributed by atoms with Crippen molar-refractivity contribution in [1.29, 1.82) is 0 Å². The van der Waals surface area contributed by atoms with E-state index in [9.17, 15) is 9.90 Å². The third-order valence-electron chi connectivity index (χ3n) is 5.18. The first kappa shape index (κ1) is 13.0. The van der Waals surface area contributed by atoms with Crippen LogP contribution in [0.1, 0.15) is 24.8 Å². The molecule has 0 saturated heterocycles. The smallest absolute Gasteiger partial charge is 0.308 e. The van der Waals surface area contributed by atoms with Crippen molar-refractivity contribution in [2.45, 2.75) is 31.8 Å². The van der Waals surface area contributed by atoms with Gasteiger partial charge >= 0.3 is 5.97 Å². The van der Waals surface area contributed by atoms with Crippen LogP contribution < -0.4 is 14.8 Å². The molecule has 5 nitrogen and oxygen atoms in total. The number of nitrogens with one attached hydrogen (secondary N) is 1. The lowest BCUT2D eigenvalue weighted by Crippen LogP contribution is -2.43. The monoisotopic (exact) mass is 289 g/mol. The van der Waals surface area contributed by atoms with Gasteiger partial charge in [-0.2, -0.15) is 0 Å². The largest absolute Gasteiger partial charge is 0.481 e. The molecule has 1 aromatic carbocycles. The summed E-state index contributed by atoms with van der Waals surface area (Å²) in [6, 6.07) is 5.99. The van der Waals surface area contributed by atoms with E-state index in [1.54, 1.807) is 0 Å². The summed E-state index contributed by atoms with van der Waals surface area (Å²) in [5, 5.41) is 12.9. The first-order valence-corrected chi connectivity index (χ1v) is 7.57. The van der Waals surface area contributed by atoms with Gasteiger partial charge in [0.2, 0.25) is 6.79 Å². The Balaban J connectivity index is 1.45. The number of hydrogen-bond acceptors (Lipinski definition) is 4. The number of hydrogen-bond donors (Lipinski definition) is 2. The van der Waals surface area contributed by atoms with Gasteiger partial charge in [0.25, 0.3) is 0 Å². The quantitative estimate of drug-likeness (QED) is 0.887. The second-order valence-corrected chi connectivity index (χ2v) is 6.29. The maximum atomic E-state index is 11.5. The van der Waals surface area contributed by atoms with E-state index in [4.69, 9.17) is 9.47 Å². The molecule has 0 spiro atoms. The molecule has 2 aliphatic carbocycles. The highest BCUT2D eigenvalue weighted by molar-refractivity contribution is 5.72. The van der Waals surface area contributed by atoms with Crippen LogP contribution in [0.4, 0.5) is 0 Å². The minimum atomic E-state index is -0.648. The normalized spacial score (nSPS) is 32.6. The van der Waals surface area contributed by atoms with Crippen molar-refractivity contribution in [2.75, 3.05) is 6.79 Å². The molecule has 0 amide bonds. The summed E-state index contributed by atoms with van der Waals surface area (Å²) < 4.78 is 10.7. The van der Waals surface area contributed by atoms with E-state index in [0.29, 0.717) is 18.4 Å². The Morgan fingerprint density at radius 3 is 2.90 bits per heavy atom. The van der Waals surface area contributed by atoms with Crippen LogP contribution in [-0.4, -0.2) is 23.9 Å². The van der Waals surface area contributed by atoms with Crippen LogP contribution >= 0.6 is 0 Å². The van der Waals surface area contributed by atoms with Gasteiger partial charge in [-0.3, -0.25) is 4.79 Å². The molecule has 1 aromatic rings. The molecule has 1 heterocycles. The maximum absolute atomic E-state index is 11.5. The molecule has 2 N–H and O–H groups in total. The number of aliphatic carboxylic acids is 1. The zero-order chi connectivity index (χ0) is 14.4. The standard InChI is InChI=1S/C16H19NO4/c18-16(19)14-10-2-3-11(6-10)15(14)17-7-9-1-4-12-13(5-9)21-8-20-12/h1,4-5,10-11,14-15,17H,2-3,6-8H2,(H,18,19). The highest BCUT2D eigenvalue weighted by Crippen LogP contribution is 2.48. The van der Waals surface area contributed by atoms with Gasteiger partial charge in [-0.25, -0.2) is 0 Å². The summed E-state index contributed by atoms with van der Waals surface area (Å²) in [5.74, 6) is 1.56. The lowest BCUT2D eigenvalue weighted by atomic mass is 9.84. The highest BCUT2D eigenvalue weighted by atomic mass is 16.7. The van der Waals surface area contributed by atoms with Crippen molar-refractivity contribution in [3.8, 4) is 11.5 Å². The topological polar surface area (TPSA) is 67.8 Å². The SMILES string of the molecule is O=C(O)C1C2CCC(C2)C1NCc1ccc2c(c1)OCO2. The van der Waals surface area contributed by atoms with Crippen LogP contribution in [-0.2, 0) is 11.3 Å². The fraction of sp³-hybridized carbons (Fsp3) is 0.562. The van der Waals surface area contributed by atoms with E-state index in [1.165, 1.54) is 0 Å². The van der Waals surface area contributed by atoms with Crippen molar-refractivity contribution in [3.63, 3.8) is 0 Å². The van der Waals surface area contributed by atoms with Crippen LogP contribution in [0.25, 0.3) is 0 Å². The molecule has 4 atom stereocenters. The second-order valence-electron chi connectivity index (χ2n) is 6.29. The average molecular weight is 289 g/mol. The van der Waals surface area contributed by atoms with E-state index in [2.05, 4.69) is 5.32 Å². The molecule has 1 aliphatic heterocycles. The van der Waals surface area contributed by atoms with Crippen LogP contribution in [0.5, 0.6) is 11.5 Å². The fourth-order valence-electron chi connectivity index (χ4n) is 4.23. The zero-order valence-electron chi connectivity index (χ0n) is 11.7. The lowest BCUT2D eigenvalue weighted by Gasteiger charge is -2.29. The molecular weight excluding hydrogens is 270 g/mol. The van der Waals surface area contributed by atoms with Gasteiger partial charge < -0.3 is 19.9 Å². The van der Waals surface area contributed by atoms with Crippen molar-refractivity contribution >= 4 is 5.97 Å². The Morgan fingerprint density at radius 1 is 1.24 bits per heavy atom. The third kappa shape index (κ3) is 2.16. The molecule has 0 aromatic heterocycles. The van der Waals surface area contributed by atoms with Gasteiger partial charge in [-0.05, 0) is 48.8 Å². The van der Waals surface area contributed by atoms with Gasteiger partial charge in [0.15, 0.2) is 11.5 Å². The van der Waals surface area contributed by atoms with Gasteiger partial charge in [-0.1, -0.05) is 6.07 Å². The van der Waals surface area contributed by atoms with Crippen molar-refractivity contribution in [1.82, 2.24) is 5.32 Å². The fourth-order valence-corrected chi connectivity index (χ4v) is 4.23. The van der Waals surface area contributed by atoms with E-state index in [1.807, 2.05) is 18.2 Å². The van der Waals surface area contributed by atoms with E-state index < -0.39 is 5.97 Å². The van der Waals surface area contributed by atoms with Gasteiger partial charge in [0.1, 0.15) is 0 Å². The molecule has 2 bridgehead atoms. The number of carboxylic acids is 1. The summed E-state index contributed by atoms with van der Waals surface area (Å²) in [6.07, 6.45) is 3.30. The first-order chi connectivity index (χ1) is 10.2. The Hall–Kier alpha value is -1.75. The number of benzene rings is 1. The summed E-state index contributed by atoms with van der Waals surface area (Å²) in [6.45, 7) is 0.952. The molecular formula is C16H19NO4. The van der Waals surface area contributed by atoms with Crippen LogP contribution in [0, 0.1) is 17.8 Å². The molecule has 3 aliphatic rings. The van der Waals surface area contributed by atoms with Crippen LogP contribution in [0.2, 0.25) is 0 Å². The van der Waals surface area contributed by atoms with E-state index in [-0.39, 0.29) is 18.8 Å². The van der Waals surface area contributed by atoms with Gasteiger partial charge in [0, 0.05) is 12.6 Å². The predicted octanol–water partition coefficient (Wildman–Crippen LogP) is 2.00. The van der Waals surface area contributed by atoms with Gasteiger partial charge in [-0.15, -0.1) is 0 Å². The molecule has 5 heteroatoms. The van der Waals surface area contributed by atoms with Crippen molar-refractivity contribution < 1.29 is 19.4 Å². The first-order valence-electron chi connectivity index (χ1n) is 7.57. The molecule has 2 fully saturated rings. The zero-order valence-corrected chi connectivity index (χ0v) is 11.7. The van der Waals surface area contributed by atoms with E-state index >= 15 is 0 Å². The minimum absolute atomic E-state index is 0.103. The summed E-state index contributed by atoms with van der Waals surface area (Å²) in [7, 11) is 0. The van der Waals surface area contributed by atoms with Crippen LogP contribution in [0.3, 0.4) is 0 Å². The molecule has 4 unspecified atom stereocenters. The lowest BCUT2D eigenvalue weighted by molar-refractivity contribution is -0.144. The van der Waals surface area contributed by atoms with E-state index in [0.717, 1.165) is 36.3 Å². The predicted molar refractivity (Wildman–Crippen MR) is 75.1 cm³/mol. The summed E-state index contributed by atoms with van der Waals surface area (Å²) in [4.78, 5) is 11.5. The molecule has 112 valence electrons. The number of carboxylic acid groups (broad SMARTS) is 1. The Kier molecular flexibility index (Phi) is 3.03. The molecule has 21 heavy (non-hydrogen) atoms. The number of rotatable bonds is 4. The average Bonchev–Trinajstić information content (AvgIpc) is 3.18. The second kappa shape index (κ2) is 4.91. The van der Waals surface area contributed by atoms with Gasteiger partial charge in [0.05, 0.1) is 5.92 Å². The molecule has 0 radical (unpaired) electrons. The summed E-state index contributed by atoms with van der Waals surface area (Å²) >= 11 is 0. The van der Waals surface area contributed by atoms with Crippen LogP contribution in [0.15, 0.2) is 18.2 Å². The third-order valence-corrected chi connectivity index (χ3v) is 5.18. The number of ether oxygens (including phenoxy) is 2. The Morgan fingerprint density at radius 2 is 2.05 bits per heavy atom.